The van der Waals surface area contributed by atoms with E-state index in [1.807, 2.05) is 6.07 Å². The molecule has 0 aliphatic carbocycles. The molecule has 0 radical (unpaired) electrons. The summed E-state index contributed by atoms with van der Waals surface area (Å²) in [7, 11) is 0. The Morgan fingerprint density at radius 2 is 0.691 bits per heavy atom. The molecule has 0 fully saturated rings. The van der Waals surface area contributed by atoms with Crippen LogP contribution in [0.15, 0.2) is 247 Å². The minimum absolute atomic E-state index is 0.614. The monoisotopic (exact) mass is 978 g/mol. The molecule has 13 aromatic rings. The topological polar surface area (TPSA) is 34.6 Å². The zero-order valence-electron chi connectivity index (χ0n) is 36.7. The molecule has 4 nitrogen and oxygen atoms in total. The predicted octanol–water partition coefficient (Wildman–Crippen LogP) is 16.4. The second-order valence-electron chi connectivity index (χ2n) is 17.5. The second-order valence-corrected chi connectivity index (χ2v) is 20.1. The number of rotatable bonds is 6. The van der Waals surface area contributed by atoms with Crippen LogP contribution in [0.4, 0.5) is 0 Å². The summed E-state index contributed by atoms with van der Waals surface area (Å²) >= 11 is -0.614. The van der Waals surface area contributed by atoms with Crippen molar-refractivity contribution < 1.29 is 0 Å². The van der Waals surface area contributed by atoms with Crippen LogP contribution in [0.3, 0.4) is 0 Å². The molecule has 0 saturated carbocycles. The maximum absolute atomic E-state index is 5.20. The van der Waals surface area contributed by atoms with Crippen molar-refractivity contribution in [3.8, 4) is 22.5 Å². The van der Waals surface area contributed by atoms with Gasteiger partial charge in [-0.3, -0.25) is 0 Å². The number of hydrogen-bond acceptors (Lipinski definition) is 2. The van der Waals surface area contributed by atoms with E-state index in [1.165, 1.54) is 87.1 Å². The SMILES string of the molecule is c1ccc(C2=NC(c3ccc(-n4c5ccccc5c5cc(-c6ccc7c(c6)c6ccccc6n7-c6ccc7c8ccccc8c8ccccc8c7c6)ccc54)cc3)=IC(c3ccccc3)=N2)cc1. The molecule has 0 amide bonds. The van der Waals surface area contributed by atoms with Gasteiger partial charge < -0.3 is 9.13 Å². The standard InChI is InChI=1S/C63H39IN4/c1-3-15-40(16-4-1)61-64-62(66-63(65-61)42-17-5-2-6-18-42)41-27-31-45(32-28-41)67-57-25-13-11-23-52(57)55-37-43(29-35-59(55)67)44-30-36-60-56(38-44)53-24-12-14-26-58(53)68(60)46-33-34-51-49-21-8-7-19-47(49)48-20-9-10-22-50(48)54(51)39-46/h1-39H. The Kier molecular flexibility index (Phi) is 8.99. The Labute approximate surface area is 402 Å². The molecule has 0 bridgehead atoms. The van der Waals surface area contributed by atoms with Gasteiger partial charge in [0, 0.05) is 49.6 Å². The molecule has 318 valence electrons. The maximum Gasteiger partial charge on any atom is 0.161 e. The van der Waals surface area contributed by atoms with E-state index in [4.69, 9.17) is 9.98 Å². The van der Waals surface area contributed by atoms with Gasteiger partial charge in [-0.05, 0) is 125 Å². The van der Waals surface area contributed by atoms with Crippen molar-refractivity contribution in [2.75, 3.05) is 0 Å². The van der Waals surface area contributed by atoms with Gasteiger partial charge in [0.05, 0.1) is 22.1 Å². The quantitative estimate of drug-likeness (QED) is 0.118. The van der Waals surface area contributed by atoms with Crippen molar-refractivity contribution in [2.24, 2.45) is 9.98 Å². The van der Waals surface area contributed by atoms with Crippen LogP contribution in [0.25, 0.3) is 98.4 Å². The molecule has 68 heavy (non-hydrogen) atoms. The van der Waals surface area contributed by atoms with Crippen molar-refractivity contribution >= 4 is 110 Å². The minimum Gasteiger partial charge on any atom is -0.309 e. The Balaban J connectivity index is 0.860. The zero-order valence-corrected chi connectivity index (χ0v) is 38.8. The van der Waals surface area contributed by atoms with E-state index in [0.717, 1.165) is 41.3 Å². The number of aliphatic imine (C=N–C) groups is 2. The molecule has 1 aliphatic rings. The fourth-order valence-corrected chi connectivity index (χ4v) is 13.0. The van der Waals surface area contributed by atoms with Crippen molar-refractivity contribution in [1.29, 1.82) is 0 Å². The molecule has 11 aromatic carbocycles. The number of benzene rings is 11. The lowest BCUT2D eigenvalue weighted by Gasteiger charge is -2.14. The fraction of sp³-hybridized carbons (Fsp3) is 0. The Hall–Kier alpha value is -8.26. The Morgan fingerprint density at radius 1 is 0.265 bits per heavy atom. The highest BCUT2D eigenvalue weighted by Crippen LogP contribution is 2.41. The Morgan fingerprint density at radius 3 is 1.26 bits per heavy atom. The average molecular weight is 979 g/mol. The summed E-state index contributed by atoms with van der Waals surface area (Å²) in [6.07, 6.45) is 0. The normalized spacial score (nSPS) is 13.1. The van der Waals surface area contributed by atoms with E-state index in [1.54, 1.807) is 0 Å². The lowest BCUT2D eigenvalue weighted by atomic mass is 9.94. The third-order valence-corrected chi connectivity index (χ3v) is 16.4. The van der Waals surface area contributed by atoms with Gasteiger partial charge in [0.2, 0.25) is 0 Å². The smallest absolute Gasteiger partial charge is 0.161 e. The van der Waals surface area contributed by atoms with E-state index in [0.29, 0.717) is 0 Å². The fourth-order valence-electron chi connectivity index (χ4n) is 10.5. The van der Waals surface area contributed by atoms with Gasteiger partial charge in [0.1, 0.15) is 7.35 Å². The number of amidine groups is 1. The van der Waals surface area contributed by atoms with Crippen LogP contribution in [-0.2, 0) is 0 Å². The molecular formula is C63H39IN4. The van der Waals surface area contributed by atoms with Crippen LogP contribution in [0.5, 0.6) is 0 Å². The third kappa shape index (κ3) is 6.23. The van der Waals surface area contributed by atoms with E-state index >= 15 is 0 Å². The summed E-state index contributed by atoms with van der Waals surface area (Å²) in [6.45, 7) is 0. The summed E-state index contributed by atoms with van der Waals surface area (Å²) in [5.74, 6) is 0.769. The van der Waals surface area contributed by atoms with Crippen LogP contribution in [0.2, 0.25) is 0 Å². The van der Waals surface area contributed by atoms with E-state index in [2.05, 4.69) is 240 Å². The van der Waals surface area contributed by atoms with Crippen LogP contribution in [0.1, 0.15) is 16.7 Å². The van der Waals surface area contributed by atoms with Gasteiger partial charge in [0.15, 0.2) is 5.84 Å². The van der Waals surface area contributed by atoms with Crippen molar-refractivity contribution in [1.82, 2.24) is 9.13 Å². The highest BCUT2D eigenvalue weighted by molar-refractivity contribution is 14.2. The molecule has 5 heteroatoms. The molecule has 14 rings (SSSR count). The highest BCUT2D eigenvalue weighted by Gasteiger charge is 2.19. The number of nitrogens with zero attached hydrogens (tertiary/aromatic N) is 4. The zero-order chi connectivity index (χ0) is 44.7. The molecule has 0 saturated heterocycles. The molecule has 1 aliphatic heterocycles. The van der Waals surface area contributed by atoms with Crippen molar-refractivity contribution in [3.05, 3.63) is 253 Å². The first-order valence-electron chi connectivity index (χ1n) is 23.0. The van der Waals surface area contributed by atoms with Crippen molar-refractivity contribution in [2.45, 2.75) is 0 Å². The lowest BCUT2D eigenvalue weighted by Crippen LogP contribution is -2.11. The van der Waals surface area contributed by atoms with Crippen LogP contribution in [0, 0.1) is 0 Å². The first-order chi connectivity index (χ1) is 33.7. The molecular weight excluding hydrogens is 940 g/mol. The van der Waals surface area contributed by atoms with Gasteiger partial charge in [-0.25, -0.2) is 9.98 Å². The van der Waals surface area contributed by atoms with Gasteiger partial charge in [-0.1, -0.05) is 176 Å². The predicted molar refractivity (Wildman–Crippen MR) is 297 cm³/mol. The minimum atomic E-state index is -0.614. The van der Waals surface area contributed by atoms with Gasteiger partial charge in [-0.15, -0.1) is 0 Å². The van der Waals surface area contributed by atoms with Crippen LogP contribution < -0.4 is 0 Å². The number of fused-ring (bicyclic) bond motifs is 12. The summed E-state index contributed by atoms with van der Waals surface area (Å²) in [5.41, 5.74) is 12.8. The second kappa shape index (κ2) is 15.7. The summed E-state index contributed by atoms with van der Waals surface area (Å²) < 4.78 is 7.10. The molecule has 0 spiro atoms. The van der Waals surface area contributed by atoms with E-state index in [9.17, 15) is 0 Å². The van der Waals surface area contributed by atoms with E-state index < -0.39 is 20.7 Å². The molecule has 0 unspecified atom stereocenters. The number of halogens is 1. The van der Waals surface area contributed by atoms with E-state index in [-0.39, 0.29) is 0 Å². The summed E-state index contributed by atoms with van der Waals surface area (Å²) in [5, 5.41) is 12.6. The molecule has 2 aromatic heterocycles. The molecule has 0 N–H and O–H groups in total. The van der Waals surface area contributed by atoms with Gasteiger partial charge in [0.25, 0.3) is 0 Å². The average Bonchev–Trinajstić information content (AvgIpc) is 3.93. The Bertz CT molecular complexity index is 4210. The first kappa shape index (κ1) is 39.0. The third-order valence-electron chi connectivity index (χ3n) is 13.7. The highest BCUT2D eigenvalue weighted by atomic mass is 127. The largest absolute Gasteiger partial charge is 0.309 e. The molecule has 0 atom stereocenters. The maximum atomic E-state index is 5.20. The number of aromatic nitrogens is 2. The molecule has 3 heterocycles. The van der Waals surface area contributed by atoms with Gasteiger partial charge >= 0.3 is 0 Å². The summed E-state index contributed by atoms with van der Waals surface area (Å²) in [4.78, 5) is 10.3. The van der Waals surface area contributed by atoms with Gasteiger partial charge in [-0.2, -0.15) is 0 Å². The van der Waals surface area contributed by atoms with Crippen molar-refractivity contribution in [3.63, 3.8) is 0 Å². The van der Waals surface area contributed by atoms with Crippen LogP contribution in [-0.4, -0.2) is 22.3 Å². The number of para-hydroxylation sites is 2. The van der Waals surface area contributed by atoms with Crippen LogP contribution >= 0.6 is 20.7 Å². The number of hydrogen-bond donors (Lipinski definition) is 0. The lowest BCUT2D eigenvalue weighted by molar-refractivity contribution is 1.18. The summed E-state index contributed by atoms with van der Waals surface area (Å²) in [6, 6.07) is 86.1. The first-order valence-corrected chi connectivity index (χ1v) is 25.2.